The number of ether oxygens (including phenoxy) is 1. The van der Waals surface area contributed by atoms with E-state index in [-0.39, 0.29) is 0 Å². The minimum absolute atomic E-state index is 0.612. The van der Waals surface area contributed by atoms with Crippen molar-refractivity contribution in [1.29, 1.82) is 0 Å². The Balaban J connectivity index is 2.01. The molecule has 0 spiro atoms. The molecule has 0 radical (unpaired) electrons. The van der Waals surface area contributed by atoms with Crippen LogP contribution in [0.2, 0.25) is 0 Å². The van der Waals surface area contributed by atoms with Crippen molar-refractivity contribution in [2.45, 2.75) is 0 Å². The van der Waals surface area contributed by atoms with E-state index in [2.05, 4.69) is 0 Å². The molecular weight excluding hydrogens is 199 g/mol. The molecule has 1 saturated heterocycles. The van der Waals surface area contributed by atoms with E-state index in [0.717, 1.165) is 5.30 Å². The second-order valence-electron chi connectivity index (χ2n) is 2.87. The van der Waals surface area contributed by atoms with Gasteiger partial charge in [-0.05, 0) is 12.1 Å². The van der Waals surface area contributed by atoms with Gasteiger partial charge in [0.2, 0.25) is 8.38 Å². The molecule has 1 aliphatic heterocycles. The second-order valence-corrected chi connectivity index (χ2v) is 4.42. The Labute approximate surface area is 84.9 Å². The van der Waals surface area contributed by atoms with E-state index in [1.54, 1.807) is 0 Å². The smallest absolute Gasteiger partial charge is 0.205 e. The van der Waals surface area contributed by atoms with Crippen LogP contribution in [0.4, 0.5) is 0 Å². The van der Waals surface area contributed by atoms with E-state index in [0.29, 0.717) is 26.4 Å². The molecular formula is C10H13O3P. The zero-order valence-corrected chi connectivity index (χ0v) is 8.78. The standard InChI is InChI=1S/C10H13O3P/c1-2-4-10(5-3-1)14-12-8-6-11-7-9-13-14/h1-5H,6-9H2. The zero-order valence-electron chi connectivity index (χ0n) is 7.89. The summed E-state index contributed by atoms with van der Waals surface area (Å²) in [7, 11) is -0.891. The molecule has 14 heavy (non-hydrogen) atoms. The second kappa shape index (κ2) is 5.42. The molecule has 0 N–H and O–H groups in total. The van der Waals surface area contributed by atoms with E-state index >= 15 is 0 Å². The molecule has 1 heterocycles. The third kappa shape index (κ3) is 2.76. The summed E-state index contributed by atoms with van der Waals surface area (Å²) in [5.74, 6) is 0. The van der Waals surface area contributed by atoms with Gasteiger partial charge in [0.15, 0.2) is 0 Å². The molecule has 1 aromatic rings. The van der Waals surface area contributed by atoms with E-state index in [1.165, 1.54) is 0 Å². The van der Waals surface area contributed by atoms with Gasteiger partial charge in [-0.15, -0.1) is 0 Å². The van der Waals surface area contributed by atoms with E-state index < -0.39 is 8.38 Å². The lowest BCUT2D eigenvalue weighted by Gasteiger charge is -2.20. The predicted octanol–water partition coefficient (Wildman–Crippen LogP) is 1.69. The van der Waals surface area contributed by atoms with Gasteiger partial charge in [-0.25, -0.2) is 0 Å². The van der Waals surface area contributed by atoms with Crippen molar-refractivity contribution in [2.75, 3.05) is 26.4 Å². The van der Waals surface area contributed by atoms with Gasteiger partial charge in [0.05, 0.1) is 26.4 Å². The first-order valence-corrected chi connectivity index (χ1v) is 5.83. The number of hydrogen-bond donors (Lipinski definition) is 0. The highest BCUT2D eigenvalue weighted by molar-refractivity contribution is 7.56. The molecule has 76 valence electrons. The molecule has 1 aliphatic rings. The highest BCUT2D eigenvalue weighted by Crippen LogP contribution is 2.37. The fourth-order valence-electron chi connectivity index (χ4n) is 1.20. The van der Waals surface area contributed by atoms with Crippen molar-refractivity contribution in [3.63, 3.8) is 0 Å². The first-order chi connectivity index (χ1) is 6.97. The fourth-order valence-corrected chi connectivity index (χ4v) is 2.47. The van der Waals surface area contributed by atoms with Gasteiger partial charge in [0.1, 0.15) is 0 Å². The molecule has 0 amide bonds. The first kappa shape index (κ1) is 10.1. The first-order valence-electron chi connectivity index (χ1n) is 4.65. The van der Waals surface area contributed by atoms with Crippen LogP contribution in [0.5, 0.6) is 0 Å². The SMILES string of the molecule is c1ccc(P2OCCOCCO2)cc1. The lowest BCUT2D eigenvalue weighted by atomic mass is 10.4. The van der Waals surface area contributed by atoms with Gasteiger partial charge >= 0.3 is 0 Å². The minimum atomic E-state index is -0.891. The molecule has 0 aromatic heterocycles. The van der Waals surface area contributed by atoms with E-state index in [1.807, 2.05) is 30.3 Å². The third-order valence-corrected chi connectivity index (χ3v) is 3.39. The maximum absolute atomic E-state index is 5.59. The van der Waals surface area contributed by atoms with Crippen LogP contribution < -0.4 is 5.30 Å². The molecule has 0 bridgehead atoms. The Morgan fingerprint density at radius 2 is 1.50 bits per heavy atom. The number of hydrogen-bond acceptors (Lipinski definition) is 3. The molecule has 1 fully saturated rings. The Kier molecular flexibility index (Phi) is 3.90. The van der Waals surface area contributed by atoms with Crippen LogP contribution in [0.3, 0.4) is 0 Å². The predicted molar refractivity (Wildman–Crippen MR) is 55.7 cm³/mol. The van der Waals surface area contributed by atoms with Gasteiger partial charge in [-0.3, -0.25) is 0 Å². The Morgan fingerprint density at radius 1 is 0.857 bits per heavy atom. The number of rotatable bonds is 1. The minimum Gasteiger partial charge on any atom is -0.377 e. The lowest BCUT2D eigenvalue weighted by Crippen LogP contribution is -2.16. The third-order valence-electron chi connectivity index (χ3n) is 1.84. The highest BCUT2D eigenvalue weighted by Gasteiger charge is 2.14. The van der Waals surface area contributed by atoms with Crippen LogP contribution in [0.1, 0.15) is 0 Å². The van der Waals surface area contributed by atoms with Gasteiger partial charge in [0, 0.05) is 5.30 Å². The van der Waals surface area contributed by atoms with Crippen LogP contribution >= 0.6 is 8.38 Å². The summed E-state index contributed by atoms with van der Waals surface area (Å²) in [5, 5.41) is 1.13. The molecule has 4 heteroatoms. The van der Waals surface area contributed by atoms with Crippen molar-refractivity contribution in [2.24, 2.45) is 0 Å². The summed E-state index contributed by atoms with van der Waals surface area (Å²) in [6, 6.07) is 10.1. The van der Waals surface area contributed by atoms with Crippen LogP contribution in [-0.2, 0) is 13.8 Å². The van der Waals surface area contributed by atoms with Gasteiger partial charge in [-0.1, -0.05) is 18.2 Å². The summed E-state index contributed by atoms with van der Waals surface area (Å²) < 4.78 is 16.4. The lowest BCUT2D eigenvalue weighted by molar-refractivity contribution is 0.0555. The Morgan fingerprint density at radius 3 is 2.14 bits per heavy atom. The molecule has 3 nitrogen and oxygen atoms in total. The zero-order chi connectivity index (χ0) is 9.64. The van der Waals surface area contributed by atoms with Gasteiger partial charge in [0.25, 0.3) is 0 Å². The fraction of sp³-hybridized carbons (Fsp3) is 0.400. The summed E-state index contributed by atoms with van der Waals surface area (Å²) in [4.78, 5) is 0. The van der Waals surface area contributed by atoms with Gasteiger partial charge < -0.3 is 13.8 Å². The monoisotopic (exact) mass is 212 g/mol. The molecule has 0 saturated carbocycles. The maximum atomic E-state index is 5.59. The van der Waals surface area contributed by atoms with Crippen LogP contribution in [0.25, 0.3) is 0 Å². The van der Waals surface area contributed by atoms with Crippen molar-refractivity contribution >= 4 is 13.7 Å². The topological polar surface area (TPSA) is 27.7 Å². The largest absolute Gasteiger partial charge is 0.377 e. The quantitative estimate of drug-likeness (QED) is 0.663. The maximum Gasteiger partial charge on any atom is 0.205 e. The molecule has 0 unspecified atom stereocenters. The van der Waals surface area contributed by atoms with E-state index in [9.17, 15) is 0 Å². The number of benzene rings is 1. The molecule has 0 aliphatic carbocycles. The normalized spacial score (nSPS) is 20.0. The van der Waals surface area contributed by atoms with Crippen LogP contribution in [0, 0.1) is 0 Å². The van der Waals surface area contributed by atoms with Crippen molar-refractivity contribution in [1.82, 2.24) is 0 Å². The summed E-state index contributed by atoms with van der Waals surface area (Å²) in [6.07, 6.45) is 0. The molecule has 1 aromatic carbocycles. The Bertz CT molecular complexity index is 257. The van der Waals surface area contributed by atoms with Gasteiger partial charge in [-0.2, -0.15) is 0 Å². The highest BCUT2D eigenvalue weighted by atomic mass is 31.2. The summed E-state index contributed by atoms with van der Waals surface area (Å²) >= 11 is 0. The van der Waals surface area contributed by atoms with Crippen LogP contribution in [-0.4, -0.2) is 26.4 Å². The summed E-state index contributed by atoms with van der Waals surface area (Å²) in [6.45, 7) is 2.55. The average Bonchev–Trinajstić information content (AvgIpc) is 2.18. The Hall–Kier alpha value is -0.470. The molecule has 2 rings (SSSR count). The van der Waals surface area contributed by atoms with Crippen LogP contribution in [0.15, 0.2) is 30.3 Å². The molecule has 0 atom stereocenters. The van der Waals surface area contributed by atoms with E-state index in [4.69, 9.17) is 13.8 Å². The van der Waals surface area contributed by atoms with Crippen molar-refractivity contribution in [3.05, 3.63) is 30.3 Å². The average molecular weight is 212 g/mol. The van der Waals surface area contributed by atoms with Crippen molar-refractivity contribution in [3.8, 4) is 0 Å². The van der Waals surface area contributed by atoms with Crippen molar-refractivity contribution < 1.29 is 13.8 Å². The summed E-state index contributed by atoms with van der Waals surface area (Å²) in [5.41, 5.74) is 0.